The minimum Gasteiger partial charge on any atom is -0.454 e. The van der Waals surface area contributed by atoms with Crippen LogP contribution in [0.2, 0.25) is 5.02 Å². The summed E-state index contributed by atoms with van der Waals surface area (Å²) < 4.78 is 30.8. The number of hydrogen-bond acceptors (Lipinski definition) is 7. The van der Waals surface area contributed by atoms with Gasteiger partial charge in [-0.1, -0.05) is 11.6 Å². The van der Waals surface area contributed by atoms with Crippen LogP contribution in [0.15, 0.2) is 23.1 Å². The standard InChI is InChI=1S/C18H22ClN3O6S2/c1-18-7-6-16(24)22(18)13(10-29-18)17(25)28-9-15(23)20-11-4-5-12(19)14(8-11)30(26,27)21(2)3/h4-5,8,13H,6-7,9-10H2,1-3H3,(H,20,23)/t13-,18-/m1/s1. The van der Waals surface area contributed by atoms with Crippen LogP contribution in [0.3, 0.4) is 0 Å². The molecule has 0 radical (unpaired) electrons. The van der Waals surface area contributed by atoms with Crippen LogP contribution in [-0.4, -0.2) is 72.8 Å². The van der Waals surface area contributed by atoms with Gasteiger partial charge in [0, 0.05) is 32.0 Å². The summed E-state index contributed by atoms with van der Waals surface area (Å²) >= 11 is 7.51. The Kier molecular flexibility index (Phi) is 6.38. The normalized spacial score (nSPS) is 23.6. The van der Waals surface area contributed by atoms with Crippen LogP contribution in [0.4, 0.5) is 5.69 Å². The van der Waals surface area contributed by atoms with Gasteiger partial charge in [0.15, 0.2) is 6.61 Å². The lowest BCUT2D eigenvalue weighted by molar-refractivity contribution is -0.155. The zero-order chi connectivity index (χ0) is 22.3. The van der Waals surface area contributed by atoms with E-state index in [0.29, 0.717) is 18.6 Å². The molecule has 1 aromatic carbocycles. The molecule has 2 heterocycles. The van der Waals surface area contributed by atoms with E-state index in [0.717, 1.165) is 4.31 Å². The summed E-state index contributed by atoms with van der Waals surface area (Å²) in [6.45, 7) is 1.36. The van der Waals surface area contributed by atoms with E-state index in [1.807, 2.05) is 6.92 Å². The summed E-state index contributed by atoms with van der Waals surface area (Å²) in [5.41, 5.74) is 0.194. The van der Waals surface area contributed by atoms with Gasteiger partial charge in [-0.3, -0.25) is 9.59 Å². The van der Waals surface area contributed by atoms with Gasteiger partial charge in [0.1, 0.15) is 10.9 Å². The summed E-state index contributed by atoms with van der Waals surface area (Å²) in [5, 5.41) is 2.50. The van der Waals surface area contributed by atoms with Crippen LogP contribution in [0.1, 0.15) is 19.8 Å². The Morgan fingerprint density at radius 1 is 1.40 bits per heavy atom. The van der Waals surface area contributed by atoms with Gasteiger partial charge in [0.05, 0.1) is 9.89 Å². The summed E-state index contributed by atoms with van der Waals surface area (Å²) in [6.07, 6.45) is 1.07. The molecule has 2 saturated heterocycles. The molecular formula is C18H22ClN3O6S2. The number of halogens is 1. The lowest BCUT2D eigenvalue weighted by Crippen LogP contribution is -2.47. The summed E-state index contributed by atoms with van der Waals surface area (Å²) in [6, 6.07) is 3.32. The molecule has 2 aliphatic heterocycles. The topological polar surface area (TPSA) is 113 Å². The molecule has 3 rings (SSSR count). The first-order valence-electron chi connectivity index (χ1n) is 9.10. The number of carbonyl (C=O) groups is 3. The maximum Gasteiger partial charge on any atom is 0.330 e. The fraction of sp³-hybridized carbons (Fsp3) is 0.500. The van der Waals surface area contributed by atoms with E-state index < -0.39 is 39.4 Å². The molecule has 1 aromatic rings. The average molecular weight is 476 g/mol. The first-order valence-corrected chi connectivity index (χ1v) is 11.9. The predicted octanol–water partition coefficient (Wildman–Crippen LogP) is 1.53. The monoisotopic (exact) mass is 475 g/mol. The van der Waals surface area contributed by atoms with Crippen LogP contribution in [-0.2, 0) is 29.1 Å². The van der Waals surface area contributed by atoms with Crippen molar-refractivity contribution in [2.75, 3.05) is 31.8 Å². The lowest BCUT2D eigenvalue weighted by Gasteiger charge is -2.29. The van der Waals surface area contributed by atoms with Crippen molar-refractivity contribution >= 4 is 56.9 Å². The Hall–Kier alpha value is -1.82. The number of fused-ring (bicyclic) bond motifs is 1. The smallest absolute Gasteiger partial charge is 0.330 e. The third-order valence-corrected chi connectivity index (χ3v) is 8.84. The number of ether oxygens (including phenoxy) is 1. The molecule has 2 aliphatic rings. The van der Waals surface area contributed by atoms with E-state index in [1.54, 1.807) is 4.90 Å². The number of thioether (sulfide) groups is 1. The first kappa shape index (κ1) is 22.9. The van der Waals surface area contributed by atoms with Crippen molar-refractivity contribution in [2.45, 2.75) is 35.6 Å². The molecular weight excluding hydrogens is 454 g/mol. The summed E-state index contributed by atoms with van der Waals surface area (Å²) in [4.78, 5) is 37.7. The Morgan fingerprint density at radius 3 is 2.77 bits per heavy atom. The van der Waals surface area contributed by atoms with Gasteiger partial charge in [-0.15, -0.1) is 11.8 Å². The number of amides is 2. The number of nitrogens with one attached hydrogen (secondary N) is 1. The maximum absolute atomic E-state index is 12.4. The predicted molar refractivity (Wildman–Crippen MR) is 113 cm³/mol. The quantitative estimate of drug-likeness (QED) is 0.620. The fourth-order valence-electron chi connectivity index (χ4n) is 3.40. The van der Waals surface area contributed by atoms with Gasteiger partial charge in [-0.05, 0) is 31.5 Å². The molecule has 0 aliphatic carbocycles. The third kappa shape index (κ3) is 4.29. The van der Waals surface area contributed by atoms with Crippen LogP contribution in [0.25, 0.3) is 0 Å². The van der Waals surface area contributed by atoms with Crippen LogP contribution in [0, 0.1) is 0 Å². The van der Waals surface area contributed by atoms with E-state index in [2.05, 4.69) is 5.32 Å². The number of benzene rings is 1. The minimum atomic E-state index is -3.80. The molecule has 0 spiro atoms. The Labute approximate surface area is 184 Å². The highest BCUT2D eigenvalue weighted by molar-refractivity contribution is 8.01. The molecule has 2 atom stereocenters. The van der Waals surface area contributed by atoms with E-state index in [-0.39, 0.29) is 21.5 Å². The van der Waals surface area contributed by atoms with Gasteiger partial charge >= 0.3 is 5.97 Å². The lowest BCUT2D eigenvalue weighted by atomic mass is 10.2. The Balaban J connectivity index is 1.62. The van der Waals surface area contributed by atoms with Crippen molar-refractivity contribution in [1.82, 2.24) is 9.21 Å². The molecule has 2 amide bonds. The van der Waals surface area contributed by atoms with Crippen LogP contribution in [0.5, 0.6) is 0 Å². The number of nitrogens with zero attached hydrogens (tertiary/aromatic N) is 2. The second kappa shape index (κ2) is 8.37. The highest BCUT2D eigenvalue weighted by atomic mass is 35.5. The summed E-state index contributed by atoms with van der Waals surface area (Å²) in [5.74, 6) is -0.945. The van der Waals surface area contributed by atoms with Crippen molar-refractivity contribution in [3.8, 4) is 0 Å². The molecule has 0 aromatic heterocycles. The molecule has 9 nitrogen and oxygen atoms in total. The molecule has 12 heteroatoms. The number of hydrogen-bond donors (Lipinski definition) is 1. The van der Waals surface area contributed by atoms with Gasteiger partial charge in [-0.25, -0.2) is 17.5 Å². The third-order valence-electron chi connectivity index (χ3n) is 5.04. The van der Waals surface area contributed by atoms with Crippen molar-refractivity contribution < 1.29 is 27.5 Å². The average Bonchev–Trinajstić information content (AvgIpc) is 3.17. The number of esters is 1. The Bertz CT molecular complexity index is 1000. The van der Waals surface area contributed by atoms with Gasteiger partial charge in [-0.2, -0.15) is 0 Å². The number of anilines is 1. The molecule has 0 saturated carbocycles. The molecule has 2 fully saturated rings. The van der Waals surface area contributed by atoms with Gasteiger partial charge in [0.25, 0.3) is 5.91 Å². The van der Waals surface area contributed by atoms with Gasteiger partial charge in [0.2, 0.25) is 15.9 Å². The highest BCUT2D eigenvalue weighted by Gasteiger charge is 2.53. The zero-order valence-electron chi connectivity index (χ0n) is 16.7. The molecule has 1 N–H and O–H groups in total. The fourth-order valence-corrected chi connectivity index (χ4v) is 6.21. The van der Waals surface area contributed by atoms with E-state index in [9.17, 15) is 22.8 Å². The van der Waals surface area contributed by atoms with Gasteiger partial charge < -0.3 is 15.0 Å². The molecule has 0 bridgehead atoms. The maximum atomic E-state index is 12.4. The number of sulfonamides is 1. The van der Waals surface area contributed by atoms with E-state index in [4.69, 9.17) is 16.3 Å². The molecule has 164 valence electrons. The first-order chi connectivity index (χ1) is 14.0. The molecule has 0 unspecified atom stereocenters. The Morgan fingerprint density at radius 2 is 2.10 bits per heavy atom. The van der Waals surface area contributed by atoms with Crippen molar-refractivity contribution in [1.29, 1.82) is 0 Å². The van der Waals surface area contributed by atoms with Crippen molar-refractivity contribution in [3.63, 3.8) is 0 Å². The van der Waals surface area contributed by atoms with Crippen molar-refractivity contribution in [3.05, 3.63) is 23.2 Å². The van der Waals surface area contributed by atoms with E-state index >= 15 is 0 Å². The number of carbonyl (C=O) groups excluding carboxylic acids is 3. The summed E-state index contributed by atoms with van der Waals surface area (Å²) in [7, 11) is -1.06. The largest absolute Gasteiger partial charge is 0.454 e. The molecule has 30 heavy (non-hydrogen) atoms. The van der Waals surface area contributed by atoms with E-state index in [1.165, 1.54) is 44.1 Å². The minimum absolute atomic E-state index is 0.0187. The van der Waals surface area contributed by atoms with Crippen molar-refractivity contribution in [2.24, 2.45) is 0 Å². The SMILES string of the molecule is CN(C)S(=O)(=O)c1cc(NC(=O)COC(=O)[C@H]2CS[C@]3(C)CCC(=O)N23)ccc1Cl. The number of rotatable bonds is 6. The second-order valence-electron chi connectivity index (χ2n) is 7.35. The zero-order valence-corrected chi connectivity index (χ0v) is 19.1. The second-order valence-corrected chi connectivity index (χ2v) is 11.4. The highest BCUT2D eigenvalue weighted by Crippen LogP contribution is 2.47. The van der Waals surface area contributed by atoms with Crippen LogP contribution >= 0.6 is 23.4 Å². The van der Waals surface area contributed by atoms with Crippen LogP contribution < -0.4 is 5.32 Å².